The summed E-state index contributed by atoms with van der Waals surface area (Å²) in [5, 5.41) is 0. The van der Waals surface area contributed by atoms with Crippen LogP contribution in [0.2, 0.25) is 0 Å². The van der Waals surface area contributed by atoms with Crippen molar-refractivity contribution in [2.24, 2.45) is 11.8 Å². The van der Waals surface area contributed by atoms with Gasteiger partial charge in [0.25, 0.3) is 0 Å². The maximum atomic E-state index is 12.7. The van der Waals surface area contributed by atoms with Crippen LogP contribution in [0, 0.1) is 11.8 Å². The van der Waals surface area contributed by atoms with Crippen molar-refractivity contribution >= 4 is 5.78 Å². The van der Waals surface area contributed by atoms with Gasteiger partial charge in [0.15, 0.2) is 5.78 Å². The maximum absolute atomic E-state index is 12.7. The number of pyridine rings is 1. The number of ketones is 1. The molecule has 2 atom stereocenters. The van der Waals surface area contributed by atoms with E-state index in [2.05, 4.69) is 35.0 Å². The Morgan fingerprint density at radius 1 is 1.08 bits per heavy atom. The molecular formula is C21H24N2O. The van der Waals surface area contributed by atoms with Crippen LogP contribution in [-0.2, 0) is 6.42 Å². The fourth-order valence-corrected chi connectivity index (χ4v) is 4.37. The second-order valence-corrected chi connectivity index (χ2v) is 7.14. The summed E-state index contributed by atoms with van der Waals surface area (Å²) in [7, 11) is 0. The van der Waals surface area contributed by atoms with Crippen LogP contribution in [0.3, 0.4) is 0 Å². The summed E-state index contributed by atoms with van der Waals surface area (Å²) in [6.07, 6.45) is 5.03. The van der Waals surface area contributed by atoms with Crippen LogP contribution in [-0.4, -0.2) is 28.8 Å². The van der Waals surface area contributed by atoms with E-state index in [1.807, 2.05) is 30.5 Å². The maximum Gasteiger partial charge on any atom is 0.166 e. The van der Waals surface area contributed by atoms with Crippen molar-refractivity contribution in [1.82, 2.24) is 9.88 Å². The molecule has 2 aromatic rings. The van der Waals surface area contributed by atoms with Gasteiger partial charge in [-0.15, -0.1) is 0 Å². The summed E-state index contributed by atoms with van der Waals surface area (Å²) < 4.78 is 0. The third kappa shape index (κ3) is 2.78. The minimum Gasteiger partial charge on any atom is -0.295 e. The summed E-state index contributed by atoms with van der Waals surface area (Å²) in [5.74, 6) is 1.11. The number of nitrogens with zero attached hydrogens (tertiary/aromatic N) is 2. The monoisotopic (exact) mass is 320 g/mol. The largest absolute Gasteiger partial charge is 0.295 e. The van der Waals surface area contributed by atoms with Crippen molar-refractivity contribution in [1.29, 1.82) is 0 Å². The average Bonchev–Trinajstić information content (AvgIpc) is 2.99. The summed E-state index contributed by atoms with van der Waals surface area (Å²) in [6, 6.07) is 14.6. The van der Waals surface area contributed by atoms with Crippen LogP contribution in [0.15, 0.2) is 48.7 Å². The summed E-state index contributed by atoms with van der Waals surface area (Å²) >= 11 is 0. The van der Waals surface area contributed by atoms with E-state index in [0.29, 0.717) is 17.7 Å². The fourth-order valence-electron chi connectivity index (χ4n) is 4.37. The number of hydrogen-bond acceptors (Lipinski definition) is 3. The minimum absolute atomic E-state index is 0.203. The molecule has 24 heavy (non-hydrogen) atoms. The van der Waals surface area contributed by atoms with Gasteiger partial charge in [-0.2, -0.15) is 0 Å². The fraction of sp³-hybridized carbons (Fsp3) is 0.429. The highest BCUT2D eigenvalue weighted by atomic mass is 16.1. The third-order valence-electron chi connectivity index (χ3n) is 5.87. The molecule has 1 fully saturated rings. The molecule has 2 unspecified atom stereocenters. The van der Waals surface area contributed by atoms with Gasteiger partial charge in [-0.25, -0.2) is 0 Å². The van der Waals surface area contributed by atoms with Crippen LogP contribution >= 0.6 is 0 Å². The molecule has 0 radical (unpaired) electrons. The SMILES string of the molecule is CC(c1ccccn1)N1CCC(C2Cc3ccccc3C2=O)CC1. The summed E-state index contributed by atoms with van der Waals surface area (Å²) in [4.78, 5) is 19.7. The van der Waals surface area contributed by atoms with Crippen LogP contribution in [0.1, 0.15) is 47.4 Å². The van der Waals surface area contributed by atoms with E-state index in [1.54, 1.807) is 0 Å². The topological polar surface area (TPSA) is 33.2 Å². The zero-order valence-corrected chi connectivity index (χ0v) is 14.2. The number of rotatable bonds is 3. The first-order chi connectivity index (χ1) is 11.7. The predicted octanol–water partition coefficient (Wildman–Crippen LogP) is 3.91. The molecule has 3 heteroatoms. The highest BCUT2D eigenvalue weighted by Crippen LogP contribution is 2.37. The molecule has 0 N–H and O–H groups in total. The second-order valence-electron chi connectivity index (χ2n) is 7.14. The van der Waals surface area contributed by atoms with E-state index in [-0.39, 0.29) is 5.92 Å². The molecular weight excluding hydrogens is 296 g/mol. The predicted molar refractivity (Wildman–Crippen MR) is 94.9 cm³/mol. The van der Waals surface area contributed by atoms with Crippen molar-refractivity contribution in [2.45, 2.75) is 32.2 Å². The lowest BCUT2D eigenvalue weighted by atomic mass is 9.81. The van der Waals surface area contributed by atoms with E-state index in [9.17, 15) is 4.79 Å². The molecule has 1 aromatic carbocycles. The number of likely N-dealkylation sites (tertiary alicyclic amines) is 1. The Kier molecular flexibility index (Phi) is 4.19. The average molecular weight is 320 g/mol. The first-order valence-corrected chi connectivity index (χ1v) is 9.01. The van der Waals surface area contributed by atoms with Crippen molar-refractivity contribution in [3.8, 4) is 0 Å². The molecule has 124 valence electrons. The number of carbonyl (C=O) groups excluding carboxylic acids is 1. The number of aromatic nitrogens is 1. The molecule has 0 saturated carbocycles. The number of carbonyl (C=O) groups is 1. The number of hydrogen-bond donors (Lipinski definition) is 0. The van der Waals surface area contributed by atoms with Crippen molar-refractivity contribution in [3.05, 3.63) is 65.5 Å². The molecule has 1 aliphatic heterocycles. The van der Waals surface area contributed by atoms with Gasteiger partial charge >= 0.3 is 0 Å². The van der Waals surface area contributed by atoms with E-state index in [1.165, 1.54) is 5.56 Å². The second kappa shape index (κ2) is 6.48. The Bertz CT molecular complexity index is 720. The Labute approximate surface area is 143 Å². The summed E-state index contributed by atoms with van der Waals surface area (Å²) in [5.41, 5.74) is 3.35. The lowest BCUT2D eigenvalue weighted by molar-refractivity contribution is 0.0779. The molecule has 3 nitrogen and oxygen atoms in total. The van der Waals surface area contributed by atoms with Gasteiger partial charge in [0.1, 0.15) is 0 Å². The number of benzene rings is 1. The first kappa shape index (κ1) is 15.5. The molecule has 1 aromatic heterocycles. The smallest absolute Gasteiger partial charge is 0.166 e. The highest BCUT2D eigenvalue weighted by Gasteiger charge is 2.37. The first-order valence-electron chi connectivity index (χ1n) is 9.01. The molecule has 2 aliphatic rings. The minimum atomic E-state index is 0.203. The molecule has 1 aliphatic carbocycles. The van der Waals surface area contributed by atoms with Crippen molar-refractivity contribution in [3.63, 3.8) is 0 Å². The van der Waals surface area contributed by atoms with E-state index < -0.39 is 0 Å². The lowest BCUT2D eigenvalue weighted by Gasteiger charge is -2.37. The number of fused-ring (bicyclic) bond motifs is 1. The van der Waals surface area contributed by atoms with Gasteiger partial charge in [0.05, 0.1) is 5.69 Å². The van der Waals surface area contributed by atoms with Crippen LogP contribution < -0.4 is 0 Å². The molecule has 0 bridgehead atoms. The van der Waals surface area contributed by atoms with Gasteiger partial charge in [0.2, 0.25) is 0 Å². The van der Waals surface area contributed by atoms with Gasteiger partial charge in [-0.3, -0.25) is 14.7 Å². The molecule has 1 saturated heterocycles. The van der Waals surface area contributed by atoms with Gasteiger partial charge < -0.3 is 0 Å². The summed E-state index contributed by atoms with van der Waals surface area (Å²) in [6.45, 7) is 4.35. The molecule has 2 heterocycles. The van der Waals surface area contributed by atoms with E-state index in [0.717, 1.165) is 43.6 Å². The molecule has 4 rings (SSSR count). The van der Waals surface area contributed by atoms with Crippen molar-refractivity contribution in [2.75, 3.05) is 13.1 Å². The number of Topliss-reactive ketones (excluding diaryl/α,β-unsaturated/α-hetero) is 1. The Hall–Kier alpha value is -2.00. The zero-order chi connectivity index (χ0) is 16.5. The van der Waals surface area contributed by atoms with E-state index >= 15 is 0 Å². The Morgan fingerprint density at radius 3 is 2.54 bits per heavy atom. The van der Waals surface area contributed by atoms with Crippen LogP contribution in [0.25, 0.3) is 0 Å². The Morgan fingerprint density at radius 2 is 1.83 bits per heavy atom. The van der Waals surface area contributed by atoms with Gasteiger partial charge in [-0.05, 0) is 62.9 Å². The third-order valence-corrected chi connectivity index (χ3v) is 5.87. The number of piperidine rings is 1. The highest BCUT2D eigenvalue weighted by molar-refractivity contribution is 6.02. The quantitative estimate of drug-likeness (QED) is 0.859. The zero-order valence-electron chi connectivity index (χ0n) is 14.2. The Balaban J connectivity index is 1.40. The van der Waals surface area contributed by atoms with E-state index in [4.69, 9.17) is 0 Å². The lowest BCUT2D eigenvalue weighted by Crippen LogP contribution is -2.39. The normalized spacial score (nSPS) is 23.2. The standard InChI is InChI=1S/C21H24N2O/c1-15(20-8-4-5-11-22-20)23-12-9-16(10-13-23)19-14-17-6-2-3-7-18(17)21(19)24/h2-8,11,15-16,19H,9-10,12-14H2,1H3. The molecule has 0 spiro atoms. The van der Waals surface area contributed by atoms with Gasteiger partial charge in [0, 0.05) is 23.7 Å². The van der Waals surface area contributed by atoms with Crippen molar-refractivity contribution < 1.29 is 4.79 Å². The van der Waals surface area contributed by atoms with Crippen LogP contribution in [0.4, 0.5) is 0 Å². The van der Waals surface area contributed by atoms with Gasteiger partial charge in [-0.1, -0.05) is 30.3 Å². The molecule has 0 amide bonds. The van der Waals surface area contributed by atoms with Crippen LogP contribution in [0.5, 0.6) is 0 Å².